The van der Waals surface area contributed by atoms with E-state index in [9.17, 15) is 14.4 Å². The fourth-order valence-electron chi connectivity index (χ4n) is 5.00. The molecule has 2 aromatic rings. The van der Waals surface area contributed by atoms with E-state index in [-0.39, 0.29) is 17.7 Å². The molecule has 0 aromatic heterocycles. The molecule has 1 saturated heterocycles. The summed E-state index contributed by atoms with van der Waals surface area (Å²) in [4.78, 5) is 43.4. The first-order chi connectivity index (χ1) is 18.8. The average molecular weight is 574 g/mol. The highest BCUT2D eigenvalue weighted by Gasteiger charge is 2.41. The molecule has 2 heterocycles. The number of rotatable bonds is 9. The number of fused-ring (bicyclic) bond motifs is 1. The summed E-state index contributed by atoms with van der Waals surface area (Å²) in [5.74, 6) is -0.0184. The molecule has 0 radical (unpaired) electrons. The van der Waals surface area contributed by atoms with Gasteiger partial charge in [-0.15, -0.1) is 11.8 Å². The number of anilines is 1. The van der Waals surface area contributed by atoms with Gasteiger partial charge in [-0.05, 0) is 56.3 Å². The van der Waals surface area contributed by atoms with Gasteiger partial charge in [0.05, 0.1) is 40.6 Å². The third kappa shape index (κ3) is 7.33. The van der Waals surface area contributed by atoms with Crippen LogP contribution >= 0.6 is 23.4 Å². The Bertz CT molecular complexity index is 1170. The number of carbonyl (C=O) groups is 3. The predicted octanol–water partition coefficient (Wildman–Crippen LogP) is 4.49. The van der Waals surface area contributed by atoms with Crippen molar-refractivity contribution >= 4 is 46.7 Å². The van der Waals surface area contributed by atoms with Crippen molar-refractivity contribution in [3.8, 4) is 5.75 Å². The van der Waals surface area contributed by atoms with Crippen LogP contribution in [0.25, 0.3) is 0 Å². The Hall–Kier alpha value is -2.59. The molecular weight excluding hydrogens is 538 g/mol. The van der Waals surface area contributed by atoms with E-state index < -0.39 is 17.3 Å². The van der Waals surface area contributed by atoms with Crippen LogP contribution in [0.15, 0.2) is 47.4 Å². The molecule has 2 aliphatic rings. The molecule has 4 rings (SSSR count). The van der Waals surface area contributed by atoms with Gasteiger partial charge in [-0.3, -0.25) is 19.3 Å². The Morgan fingerprint density at radius 2 is 1.92 bits per heavy atom. The molecule has 8 nitrogen and oxygen atoms in total. The van der Waals surface area contributed by atoms with Crippen molar-refractivity contribution in [1.29, 1.82) is 0 Å². The summed E-state index contributed by atoms with van der Waals surface area (Å²) in [6.07, 6.45) is 3.09. The quantitative estimate of drug-likeness (QED) is 0.439. The Morgan fingerprint density at radius 1 is 1.15 bits per heavy atom. The Balaban J connectivity index is 1.58. The molecule has 0 aliphatic carbocycles. The van der Waals surface area contributed by atoms with Crippen molar-refractivity contribution in [2.24, 2.45) is 0 Å². The number of hydrogen-bond acceptors (Lipinski definition) is 8. The van der Waals surface area contributed by atoms with Crippen LogP contribution in [0, 0.1) is 0 Å². The van der Waals surface area contributed by atoms with Crippen LogP contribution in [0.2, 0.25) is 5.02 Å². The first-order valence-electron chi connectivity index (χ1n) is 13.3. The Kier molecular flexibility index (Phi) is 10.3. The van der Waals surface area contributed by atoms with Gasteiger partial charge in [0.2, 0.25) is 0 Å². The number of benzene rings is 2. The zero-order valence-corrected chi connectivity index (χ0v) is 24.2. The second-order valence-corrected chi connectivity index (χ2v) is 11.5. The normalized spacial score (nSPS) is 21.6. The predicted molar refractivity (Wildman–Crippen MR) is 154 cm³/mol. The van der Waals surface area contributed by atoms with Crippen molar-refractivity contribution in [3.05, 3.63) is 53.1 Å². The van der Waals surface area contributed by atoms with Gasteiger partial charge in [0.1, 0.15) is 5.75 Å². The van der Waals surface area contributed by atoms with Crippen LogP contribution in [0.4, 0.5) is 5.69 Å². The zero-order valence-electron chi connectivity index (χ0n) is 22.7. The molecular formula is C29H36ClN3O5S. The SMILES string of the molecule is COc1ccc(C2Sc3c(Cl)cccc3N(CCN(C)CC(=O)C3CCCCCN3)C(=O)C2OC(C)=O)cc1. The molecule has 39 heavy (non-hydrogen) atoms. The lowest BCUT2D eigenvalue weighted by Crippen LogP contribution is -2.47. The summed E-state index contributed by atoms with van der Waals surface area (Å²) < 4.78 is 11.0. The highest BCUT2D eigenvalue weighted by molar-refractivity contribution is 8.00. The molecule has 2 aromatic carbocycles. The number of carbonyl (C=O) groups excluding carboxylic acids is 3. The fraction of sp³-hybridized carbons (Fsp3) is 0.483. The van der Waals surface area contributed by atoms with E-state index in [4.69, 9.17) is 21.1 Å². The number of Topliss-reactive ketones (excluding diaryl/α,β-unsaturated/α-hetero) is 1. The molecule has 1 N–H and O–H groups in total. The van der Waals surface area contributed by atoms with Crippen LogP contribution in [0.5, 0.6) is 5.75 Å². The largest absolute Gasteiger partial charge is 0.497 e. The summed E-state index contributed by atoms with van der Waals surface area (Å²) in [7, 11) is 3.47. The van der Waals surface area contributed by atoms with E-state index in [0.29, 0.717) is 36.1 Å². The maximum absolute atomic E-state index is 14.1. The molecule has 3 atom stereocenters. The van der Waals surface area contributed by atoms with E-state index in [2.05, 4.69) is 5.32 Å². The summed E-state index contributed by atoms with van der Waals surface area (Å²) >= 11 is 8.07. The van der Waals surface area contributed by atoms with Crippen LogP contribution in [0.1, 0.15) is 43.4 Å². The minimum Gasteiger partial charge on any atom is -0.497 e. The number of esters is 1. The highest BCUT2D eigenvalue weighted by atomic mass is 35.5. The van der Waals surface area contributed by atoms with Crippen molar-refractivity contribution in [1.82, 2.24) is 10.2 Å². The Morgan fingerprint density at radius 3 is 2.64 bits per heavy atom. The number of hydrogen-bond donors (Lipinski definition) is 1. The number of amides is 1. The van der Waals surface area contributed by atoms with E-state index >= 15 is 0 Å². The van der Waals surface area contributed by atoms with Gasteiger partial charge < -0.3 is 19.7 Å². The molecule has 1 fully saturated rings. The molecule has 210 valence electrons. The summed E-state index contributed by atoms with van der Waals surface area (Å²) in [6, 6.07) is 12.7. The second-order valence-electron chi connectivity index (χ2n) is 9.98. The van der Waals surface area contributed by atoms with Crippen LogP contribution in [-0.4, -0.2) is 75.0 Å². The number of halogens is 1. The van der Waals surface area contributed by atoms with E-state index in [1.807, 2.05) is 48.3 Å². The molecule has 1 amide bonds. The minimum atomic E-state index is -1.06. The molecule has 3 unspecified atom stereocenters. The lowest BCUT2D eigenvalue weighted by atomic mass is 10.1. The van der Waals surface area contributed by atoms with Crippen molar-refractivity contribution in [2.45, 2.75) is 54.9 Å². The lowest BCUT2D eigenvalue weighted by molar-refractivity contribution is -0.152. The van der Waals surface area contributed by atoms with Crippen molar-refractivity contribution in [3.63, 3.8) is 0 Å². The number of methoxy groups -OCH3 is 1. The Labute approximate surface area is 239 Å². The van der Waals surface area contributed by atoms with Gasteiger partial charge in [0.15, 0.2) is 11.9 Å². The number of nitrogens with zero attached hydrogens (tertiary/aromatic N) is 2. The van der Waals surface area contributed by atoms with Crippen LogP contribution in [-0.2, 0) is 19.1 Å². The minimum absolute atomic E-state index is 0.121. The van der Waals surface area contributed by atoms with Gasteiger partial charge in [-0.1, -0.05) is 42.6 Å². The number of ether oxygens (including phenoxy) is 2. The van der Waals surface area contributed by atoms with Gasteiger partial charge in [0, 0.05) is 20.0 Å². The maximum Gasteiger partial charge on any atom is 0.303 e. The third-order valence-corrected chi connectivity index (χ3v) is 8.95. The standard InChI is InChI=1S/C29H36ClN3O5S/c1-19(34)38-26-27(20-11-13-21(37-3)14-12-20)39-28-22(30)8-7-10-24(28)33(29(26)36)17-16-32(2)18-25(35)23-9-5-4-6-15-31-23/h7-8,10-14,23,26-27,31H,4-6,9,15-18H2,1-3H3. The van der Waals surface area contributed by atoms with E-state index in [1.54, 1.807) is 18.1 Å². The summed E-state index contributed by atoms with van der Waals surface area (Å²) in [5, 5.41) is 3.36. The zero-order chi connectivity index (χ0) is 27.9. The van der Waals surface area contributed by atoms with E-state index in [0.717, 1.165) is 42.7 Å². The highest BCUT2D eigenvalue weighted by Crippen LogP contribution is 2.49. The van der Waals surface area contributed by atoms with Crippen LogP contribution < -0.4 is 15.0 Å². The smallest absolute Gasteiger partial charge is 0.303 e. The number of ketones is 1. The second kappa shape index (κ2) is 13.7. The number of thioether (sulfide) groups is 1. The molecule has 0 spiro atoms. The summed E-state index contributed by atoms with van der Waals surface area (Å²) in [5.41, 5.74) is 1.47. The molecule has 2 aliphatic heterocycles. The first kappa shape index (κ1) is 29.4. The van der Waals surface area contributed by atoms with Gasteiger partial charge in [-0.2, -0.15) is 0 Å². The number of likely N-dealkylation sites (N-methyl/N-ethyl adjacent to an activating group) is 1. The molecule has 10 heteroatoms. The lowest BCUT2D eigenvalue weighted by Gasteiger charge is -2.29. The van der Waals surface area contributed by atoms with Gasteiger partial charge in [-0.25, -0.2) is 0 Å². The first-order valence-corrected chi connectivity index (χ1v) is 14.6. The van der Waals surface area contributed by atoms with Gasteiger partial charge >= 0.3 is 5.97 Å². The van der Waals surface area contributed by atoms with Crippen molar-refractivity contribution < 1.29 is 23.9 Å². The topological polar surface area (TPSA) is 88.2 Å². The van der Waals surface area contributed by atoms with Crippen LogP contribution in [0.3, 0.4) is 0 Å². The average Bonchev–Trinajstić information content (AvgIpc) is 3.26. The third-order valence-electron chi connectivity index (χ3n) is 7.08. The molecule has 0 saturated carbocycles. The monoisotopic (exact) mass is 573 g/mol. The maximum atomic E-state index is 14.1. The molecule has 0 bridgehead atoms. The van der Waals surface area contributed by atoms with Crippen molar-refractivity contribution in [2.75, 3.05) is 45.2 Å². The van der Waals surface area contributed by atoms with Gasteiger partial charge in [0.25, 0.3) is 5.91 Å². The van der Waals surface area contributed by atoms with E-state index in [1.165, 1.54) is 18.7 Å². The number of nitrogens with one attached hydrogen (secondary N) is 1. The summed E-state index contributed by atoms with van der Waals surface area (Å²) in [6.45, 7) is 3.23. The fourth-order valence-corrected chi connectivity index (χ4v) is 6.63.